The van der Waals surface area contributed by atoms with Crippen LogP contribution in [-0.4, -0.2) is 24.7 Å². The van der Waals surface area contributed by atoms with Gasteiger partial charge in [-0.25, -0.2) is 13.2 Å². The lowest BCUT2D eigenvalue weighted by atomic mass is 10.2. The molecule has 2 rings (SSSR count). The number of nitrogens with zero attached hydrogens (tertiary/aromatic N) is 1. The van der Waals surface area contributed by atoms with Gasteiger partial charge < -0.3 is 9.63 Å². The molecule has 0 radical (unpaired) electrons. The molecular weight excluding hydrogens is 320 g/mol. The van der Waals surface area contributed by atoms with Crippen molar-refractivity contribution >= 4 is 33.3 Å². The van der Waals surface area contributed by atoms with Crippen LogP contribution < -0.4 is 4.72 Å². The number of anilines is 1. The molecule has 0 saturated carbocycles. The Labute approximate surface area is 125 Å². The van der Waals surface area contributed by atoms with Crippen molar-refractivity contribution in [1.29, 1.82) is 0 Å². The number of benzene rings is 1. The van der Waals surface area contributed by atoms with Crippen molar-refractivity contribution in [1.82, 2.24) is 5.16 Å². The van der Waals surface area contributed by atoms with Crippen LogP contribution in [0.3, 0.4) is 0 Å². The Bertz CT molecular complexity index is 794. The van der Waals surface area contributed by atoms with Gasteiger partial charge in [0.1, 0.15) is 5.69 Å². The number of hydrogen-bond donors (Lipinski definition) is 2. The van der Waals surface area contributed by atoms with Gasteiger partial charge in [-0.3, -0.25) is 4.72 Å². The molecule has 0 amide bonds. The highest BCUT2D eigenvalue weighted by Crippen LogP contribution is 2.28. The lowest BCUT2D eigenvalue weighted by Crippen LogP contribution is -2.15. The molecule has 0 unspecified atom stereocenters. The van der Waals surface area contributed by atoms with E-state index in [2.05, 4.69) is 9.88 Å². The van der Waals surface area contributed by atoms with E-state index < -0.39 is 16.0 Å². The second kappa shape index (κ2) is 5.38. The maximum absolute atomic E-state index is 12.3. The van der Waals surface area contributed by atoms with Gasteiger partial charge in [-0.1, -0.05) is 16.8 Å². The molecule has 1 aromatic heterocycles. The molecule has 7 nitrogen and oxygen atoms in total. The molecule has 1 heterocycles. The first-order valence-electron chi connectivity index (χ1n) is 5.71. The van der Waals surface area contributed by atoms with Gasteiger partial charge in [-0.15, -0.1) is 0 Å². The van der Waals surface area contributed by atoms with Crippen LogP contribution in [0.4, 0.5) is 5.69 Å². The predicted octanol–water partition coefficient (Wildman–Crippen LogP) is 2.44. The van der Waals surface area contributed by atoms with E-state index in [1.807, 2.05) is 0 Å². The second-order valence-corrected chi connectivity index (χ2v) is 6.29. The summed E-state index contributed by atoms with van der Waals surface area (Å²) in [5, 5.41) is 12.6. The molecule has 0 aliphatic rings. The maximum atomic E-state index is 12.3. The van der Waals surface area contributed by atoms with Gasteiger partial charge in [-0.2, -0.15) is 0 Å². The van der Waals surface area contributed by atoms with E-state index in [4.69, 9.17) is 21.2 Å². The molecule has 0 aliphatic heterocycles. The minimum absolute atomic E-state index is 0.0310. The summed E-state index contributed by atoms with van der Waals surface area (Å²) in [7, 11) is -3.98. The molecule has 112 valence electrons. The van der Waals surface area contributed by atoms with Crippen molar-refractivity contribution < 1.29 is 22.8 Å². The number of aromatic nitrogens is 1. The van der Waals surface area contributed by atoms with Gasteiger partial charge >= 0.3 is 5.97 Å². The summed E-state index contributed by atoms with van der Waals surface area (Å²) in [4.78, 5) is 10.8. The molecule has 2 aromatic rings. The third-order valence-corrected chi connectivity index (χ3v) is 4.63. The van der Waals surface area contributed by atoms with Gasteiger partial charge in [0.15, 0.2) is 10.7 Å². The summed E-state index contributed by atoms with van der Waals surface area (Å²) in [6, 6.07) is 3.72. The minimum Gasteiger partial charge on any atom is -0.478 e. The number of carboxylic acids is 1. The predicted molar refractivity (Wildman–Crippen MR) is 75.2 cm³/mol. The summed E-state index contributed by atoms with van der Waals surface area (Å²) >= 11 is 5.89. The van der Waals surface area contributed by atoms with Crippen molar-refractivity contribution in [2.45, 2.75) is 18.7 Å². The Morgan fingerprint density at radius 3 is 2.57 bits per heavy atom. The highest BCUT2D eigenvalue weighted by atomic mass is 35.5. The SMILES string of the molecule is Cc1noc(C)c1S(=O)(=O)Nc1cc(C(=O)O)ccc1Cl. The van der Waals surface area contributed by atoms with Crippen LogP contribution in [0.2, 0.25) is 5.02 Å². The Balaban J connectivity index is 2.46. The summed E-state index contributed by atoms with van der Waals surface area (Å²) in [5.41, 5.74) is 0.0814. The van der Waals surface area contributed by atoms with Crippen molar-refractivity contribution in [2.75, 3.05) is 4.72 Å². The summed E-state index contributed by atoms with van der Waals surface area (Å²) in [6.45, 7) is 2.95. The van der Waals surface area contributed by atoms with Crippen LogP contribution in [-0.2, 0) is 10.0 Å². The van der Waals surface area contributed by atoms with Gasteiger partial charge in [-0.05, 0) is 32.0 Å². The van der Waals surface area contributed by atoms with E-state index in [-0.39, 0.29) is 32.6 Å². The molecule has 21 heavy (non-hydrogen) atoms. The topological polar surface area (TPSA) is 110 Å². The maximum Gasteiger partial charge on any atom is 0.335 e. The number of aryl methyl sites for hydroxylation is 2. The van der Waals surface area contributed by atoms with E-state index >= 15 is 0 Å². The van der Waals surface area contributed by atoms with Crippen molar-refractivity contribution in [2.24, 2.45) is 0 Å². The summed E-state index contributed by atoms with van der Waals surface area (Å²) in [5.74, 6) is -1.06. The van der Waals surface area contributed by atoms with Crippen molar-refractivity contribution in [3.8, 4) is 0 Å². The molecule has 0 saturated heterocycles. The van der Waals surface area contributed by atoms with Gasteiger partial charge in [0.05, 0.1) is 16.3 Å². The fourth-order valence-electron chi connectivity index (χ4n) is 1.79. The molecular formula is C12H11ClN2O5S. The third kappa shape index (κ3) is 3.01. The normalized spacial score (nSPS) is 11.4. The molecule has 2 N–H and O–H groups in total. The number of hydrogen-bond acceptors (Lipinski definition) is 5. The zero-order valence-electron chi connectivity index (χ0n) is 11.0. The highest BCUT2D eigenvalue weighted by molar-refractivity contribution is 7.92. The third-order valence-electron chi connectivity index (χ3n) is 2.69. The molecule has 0 fully saturated rings. The van der Waals surface area contributed by atoms with Crippen molar-refractivity contribution in [3.63, 3.8) is 0 Å². The van der Waals surface area contributed by atoms with E-state index in [9.17, 15) is 13.2 Å². The first kappa shape index (κ1) is 15.3. The number of nitrogens with one attached hydrogen (secondary N) is 1. The fourth-order valence-corrected chi connectivity index (χ4v) is 3.41. The standard InChI is InChI=1S/C12H11ClN2O5S/c1-6-11(7(2)20-14-6)21(18,19)15-10-5-8(12(16)17)3-4-9(10)13/h3-5,15H,1-2H3,(H,16,17). The second-order valence-electron chi connectivity index (χ2n) is 4.26. The van der Waals surface area contributed by atoms with E-state index in [0.717, 1.165) is 6.07 Å². The Morgan fingerprint density at radius 2 is 2.05 bits per heavy atom. The number of carbonyl (C=O) groups is 1. The van der Waals surface area contributed by atoms with Gasteiger partial charge in [0.2, 0.25) is 0 Å². The average Bonchev–Trinajstić information content (AvgIpc) is 2.71. The van der Waals surface area contributed by atoms with Crippen LogP contribution in [0, 0.1) is 13.8 Å². The van der Waals surface area contributed by atoms with Crippen molar-refractivity contribution in [3.05, 3.63) is 40.2 Å². The first-order valence-corrected chi connectivity index (χ1v) is 7.57. The molecule has 0 aliphatic carbocycles. The number of sulfonamides is 1. The van der Waals surface area contributed by atoms with Crippen LogP contribution in [0.25, 0.3) is 0 Å². The zero-order valence-corrected chi connectivity index (χ0v) is 12.6. The molecule has 0 bridgehead atoms. The number of aromatic carboxylic acids is 1. The Morgan fingerprint density at radius 1 is 1.38 bits per heavy atom. The van der Waals surface area contributed by atoms with E-state index in [1.165, 1.54) is 26.0 Å². The largest absolute Gasteiger partial charge is 0.478 e. The van der Waals surface area contributed by atoms with Crippen LogP contribution in [0.15, 0.2) is 27.6 Å². The lowest BCUT2D eigenvalue weighted by molar-refractivity contribution is 0.0697. The Kier molecular flexibility index (Phi) is 3.93. The lowest BCUT2D eigenvalue weighted by Gasteiger charge is -2.10. The highest BCUT2D eigenvalue weighted by Gasteiger charge is 2.25. The Hall–Kier alpha value is -2.06. The van der Waals surface area contributed by atoms with Gasteiger partial charge in [0, 0.05) is 0 Å². The van der Waals surface area contributed by atoms with Crippen LogP contribution in [0.1, 0.15) is 21.8 Å². The molecule has 0 spiro atoms. The number of carboxylic acid groups (broad SMARTS) is 1. The first-order chi connectivity index (χ1) is 9.72. The summed E-state index contributed by atoms with van der Waals surface area (Å²) in [6.07, 6.45) is 0. The number of halogens is 1. The monoisotopic (exact) mass is 330 g/mol. The molecule has 0 atom stereocenters. The minimum atomic E-state index is -3.98. The fraction of sp³-hybridized carbons (Fsp3) is 0.167. The summed E-state index contributed by atoms with van der Waals surface area (Å²) < 4.78 is 31.7. The molecule has 1 aromatic carbocycles. The van der Waals surface area contributed by atoms with Crippen LogP contribution in [0.5, 0.6) is 0 Å². The van der Waals surface area contributed by atoms with Gasteiger partial charge in [0.25, 0.3) is 10.0 Å². The van der Waals surface area contributed by atoms with E-state index in [0.29, 0.717) is 0 Å². The zero-order chi connectivity index (χ0) is 15.8. The van der Waals surface area contributed by atoms with Crippen LogP contribution >= 0.6 is 11.6 Å². The number of rotatable bonds is 4. The van der Waals surface area contributed by atoms with E-state index in [1.54, 1.807) is 0 Å². The average molecular weight is 331 g/mol. The quantitative estimate of drug-likeness (QED) is 0.891. The molecule has 9 heteroatoms. The smallest absolute Gasteiger partial charge is 0.335 e.